The molecule has 0 saturated carbocycles. The van der Waals surface area contributed by atoms with Gasteiger partial charge in [0.15, 0.2) is 11.2 Å². The highest BCUT2D eigenvalue weighted by molar-refractivity contribution is 6.17. The third kappa shape index (κ3) is 5.74. The second kappa shape index (κ2) is 13.6. The Kier molecular flexibility index (Phi) is 7.78. The Bertz CT molecular complexity index is 3240. The largest absolute Gasteiger partial charge is 0.454 e. The van der Waals surface area contributed by atoms with Crippen molar-refractivity contribution in [3.05, 3.63) is 206 Å². The lowest BCUT2D eigenvalue weighted by atomic mass is 9.92. The smallest absolute Gasteiger partial charge is 0.227 e. The van der Waals surface area contributed by atoms with E-state index in [0.29, 0.717) is 11.5 Å². The predicted molar refractivity (Wildman–Crippen MR) is 235 cm³/mol. The molecule has 0 aliphatic rings. The number of benzene rings is 9. The number of fused-ring (bicyclic) bond motifs is 5. The van der Waals surface area contributed by atoms with E-state index in [9.17, 15) is 0 Å². The van der Waals surface area contributed by atoms with E-state index < -0.39 is 0 Å². The average Bonchev–Trinajstić information content (AvgIpc) is 3.89. The van der Waals surface area contributed by atoms with E-state index in [1.54, 1.807) is 0 Å². The minimum Gasteiger partial charge on any atom is -0.454 e. The molecule has 268 valence electrons. The van der Waals surface area contributed by atoms with Crippen LogP contribution in [0.25, 0.3) is 88.6 Å². The Morgan fingerprint density at radius 1 is 0.368 bits per heavy atom. The van der Waals surface area contributed by atoms with Crippen molar-refractivity contribution in [3.63, 3.8) is 0 Å². The molecule has 11 aromatic rings. The molecule has 0 unspecified atom stereocenters. The highest BCUT2D eigenvalue weighted by Crippen LogP contribution is 2.49. The summed E-state index contributed by atoms with van der Waals surface area (Å²) < 4.78 is 13.7. The van der Waals surface area contributed by atoms with E-state index >= 15 is 0 Å². The minimum atomic E-state index is 0.554. The first-order valence-electron chi connectivity index (χ1n) is 19.2. The van der Waals surface area contributed by atoms with Gasteiger partial charge >= 0.3 is 0 Å². The number of furan rings is 1. The van der Waals surface area contributed by atoms with E-state index in [2.05, 4.69) is 169 Å². The average molecular weight is 731 g/mol. The van der Waals surface area contributed by atoms with Gasteiger partial charge in [-0.2, -0.15) is 0 Å². The van der Waals surface area contributed by atoms with Crippen molar-refractivity contribution < 1.29 is 8.83 Å². The van der Waals surface area contributed by atoms with Gasteiger partial charge in [-0.1, -0.05) is 152 Å². The van der Waals surface area contributed by atoms with Crippen LogP contribution in [0, 0.1) is 0 Å². The van der Waals surface area contributed by atoms with Gasteiger partial charge in [0.2, 0.25) is 5.89 Å². The third-order valence-electron chi connectivity index (χ3n) is 10.9. The van der Waals surface area contributed by atoms with E-state index in [-0.39, 0.29) is 0 Å². The number of hydrogen-bond acceptors (Lipinski definition) is 4. The molecule has 2 heterocycles. The fourth-order valence-electron chi connectivity index (χ4n) is 8.13. The van der Waals surface area contributed by atoms with Crippen molar-refractivity contribution >= 4 is 60.9 Å². The lowest BCUT2D eigenvalue weighted by Crippen LogP contribution is -2.11. The Labute approximate surface area is 329 Å². The minimum absolute atomic E-state index is 0.554. The summed E-state index contributed by atoms with van der Waals surface area (Å²) in [5.41, 5.74) is 13.3. The number of rotatable bonds is 7. The van der Waals surface area contributed by atoms with Gasteiger partial charge in [-0.25, -0.2) is 4.98 Å². The SMILES string of the molecule is c1ccc(-c2cccc(N(c3ccc(-c4ccc5ccccc5c4)c(-c4ccccc4)c3)c3c4oc(-c5ccccc5)nc4cc4c3oc3ccccc34)c2)cc1. The van der Waals surface area contributed by atoms with Gasteiger partial charge in [0.25, 0.3) is 0 Å². The van der Waals surface area contributed by atoms with Crippen molar-refractivity contribution in [2.24, 2.45) is 0 Å². The zero-order chi connectivity index (χ0) is 37.7. The summed E-state index contributed by atoms with van der Waals surface area (Å²) in [5.74, 6) is 0.554. The van der Waals surface area contributed by atoms with Crippen LogP contribution in [0.1, 0.15) is 0 Å². The van der Waals surface area contributed by atoms with Crippen LogP contribution in [-0.4, -0.2) is 4.98 Å². The van der Waals surface area contributed by atoms with Crippen molar-refractivity contribution in [2.75, 3.05) is 4.90 Å². The molecule has 0 spiro atoms. The summed E-state index contributed by atoms with van der Waals surface area (Å²) in [7, 11) is 0. The normalized spacial score (nSPS) is 11.5. The quantitative estimate of drug-likeness (QED) is 0.164. The Morgan fingerprint density at radius 3 is 1.84 bits per heavy atom. The first-order chi connectivity index (χ1) is 28.2. The maximum Gasteiger partial charge on any atom is 0.227 e. The Morgan fingerprint density at radius 2 is 1.04 bits per heavy atom. The van der Waals surface area contributed by atoms with Crippen LogP contribution in [0.2, 0.25) is 0 Å². The van der Waals surface area contributed by atoms with Crippen molar-refractivity contribution in [3.8, 4) is 44.8 Å². The molecular formula is C53H34N2O2. The van der Waals surface area contributed by atoms with Crippen LogP contribution in [0.3, 0.4) is 0 Å². The Balaban J connectivity index is 1.22. The lowest BCUT2D eigenvalue weighted by Gasteiger charge is -2.27. The predicted octanol–water partition coefficient (Wildman–Crippen LogP) is 15.0. The maximum atomic E-state index is 6.86. The molecule has 0 fully saturated rings. The second-order valence-electron chi connectivity index (χ2n) is 14.3. The van der Waals surface area contributed by atoms with Crippen molar-refractivity contribution in [2.45, 2.75) is 0 Å². The van der Waals surface area contributed by atoms with Gasteiger partial charge in [-0.15, -0.1) is 0 Å². The molecule has 57 heavy (non-hydrogen) atoms. The fraction of sp³-hybridized carbons (Fsp3) is 0. The standard InChI is InChI=1S/C53H34N2O2/c1-4-15-35(16-5-1)40-23-14-24-42(32-40)55(43-29-30-44(46(33-43)37-18-6-2-7-19-37)41-28-27-36-17-10-11-22-39(36)31-41)50-51-47(45-25-12-13-26-49(45)56-51)34-48-52(50)57-53(54-48)38-20-8-3-9-21-38/h1-34H. The van der Waals surface area contributed by atoms with Gasteiger partial charge in [0.1, 0.15) is 16.8 Å². The number of oxazole rings is 1. The molecule has 2 aromatic heterocycles. The highest BCUT2D eigenvalue weighted by atomic mass is 16.4. The van der Waals surface area contributed by atoms with Crippen LogP contribution in [0.15, 0.2) is 215 Å². The monoisotopic (exact) mass is 730 g/mol. The van der Waals surface area contributed by atoms with Crippen LogP contribution in [0.4, 0.5) is 17.1 Å². The van der Waals surface area contributed by atoms with E-state index in [1.807, 2.05) is 42.5 Å². The fourth-order valence-corrected chi connectivity index (χ4v) is 8.13. The summed E-state index contributed by atoms with van der Waals surface area (Å²) in [6, 6.07) is 72.2. The molecule has 0 saturated heterocycles. The first kappa shape index (κ1) is 32.7. The summed E-state index contributed by atoms with van der Waals surface area (Å²) in [6.07, 6.45) is 0. The number of anilines is 3. The van der Waals surface area contributed by atoms with E-state index in [0.717, 1.165) is 83.5 Å². The van der Waals surface area contributed by atoms with Gasteiger partial charge in [0.05, 0.1) is 0 Å². The molecule has 0 radical (unpaired) electrons. The van der Waals surface area contributed by atoms with Crippen molar-refractivity contribution in [1.29, 1.82) is 0 Å². The summed E-state index contributed by atoms with van der Waals surface area (Å²) >= 11 is 0. The van der Waals surface area contributed by atoms with Gasteiger partial charge in [0, 0.05) is 27.7 Å². The molecule has 0 aliphatic carbocycles. The summed E-state index contributed by atoms with van der Waals surface area (Å²) in [6.45, 7) is 0. The first-order valence-corrected chi connectivity index (χ1v) is 19.2. The second-order valence-corrected chi connectivity index (χ2v) is 14.3. The molecule has 0 atom stereocenters. The van der Waals surface area contributed by atoms with Gasteiger partial charge in [-0.05, 0) is 98.8 Å². The molecule has 4 nitrogen and oxygen atoms in total. The lowest BCUT2D eigenvalue weighted by molar-refractivity contribution is 0.618. The number of nitrogens with zero attached hydrogens (tertiary/aromatic N) is 2. The summed E-state index contributed by atoms with van der Waals surface area (Å²) in [5, 5.41) is 4.42. The molecular weight excluding hydrogens is 697 g/mol. The molecule has 0 bridgehead atoms. The van der Waals surface area contributed by atoms with Crippen LogP contribution in [0.5, 0.6) is 0 Å². The molecule has 0 amide bonds. The van der Waals surface area contributed by atoms with Gasteiger partial charge < -0.3 is 13.7 Å². The molecule has 11 rings (SSSR count). The third-order valence-corrected chi connectivity index (χ3v) is 10.9. The van der Waals surface area contributed by atoms with Crippen LogP contribution >= 0.6 is 0 Å². The highest BCUT2D eigenvalue weighted by Gasteiger charge is 2.27. The maximum absolute atomic E-state index is 6.86. The topological polar surface area (TPSA) is 42.4 Å². The van der Waals surface area contributed by atoms with E-state index in [4.69, 9.17) is 13.8 Å². The molecule has 0 aliphatic heterocycles. The number of hydrogen-bond donors (Lipinski definition) is 0. The van der Waals surface area contributed by atoms with E-state index in [1.165, 1.54) is 10.8 Å². The number of para-hydroxylation sites is 1. The van der Waals surface area contributed by atoms with Crippen molar-refractivity contribution in [1.82, 2.24) is 4.98 Å². The zero-order valence-electron chi connectivity index (χ0n) is 30.8. The Hall–Kier alpha value is -7.69. The van der Waals surface area contributed by atoms with Crippen LogP contribution in [-0.2, 0) is 0 Å². The molecule has 4 heteroatoms. The zero-order valence-corrected chi connectivity index (χ0v) is 30.8. The summed E-state index contributed by atoms with van der Waals surface area (Å²) in [4.78, 5) is 7.41. The number of aromatic nitrogens is 1. The van der Waals surface area contributed by atoms with Crippen LogP contribution < -0.4 is 4.90 Å². The molecule has 9 aromatic carbocycles. The van der Waals surface area contributed by atoms with Gasteiger partial charge in [-0.3, -0.25) is 0 Å². The molecule has 0 N–H and O–H groups in total.